The third-order valence-electron chi connectivity index (χ3n) is 2.33. The zero-order valence-corrected chi connectivity index (χ0v) is 10.4. The molecule has 2 aromatic rings. The summed E-state index contributed by atoms with van der Waals surface area (Å²) in [5.74, 6) is 1.59. The summed E-state index contributed by atoms with van der Waals surface area (Å²) in [6.07, 6.45) is 1.78. The van der Waals surface area contributed by atoms with Gasteiger partial charge in [0.05, 0.1) is 18.7 Å². The average Bonchev–Trinajstić information content (AvgIpc) is 2.39. The van der Waals surface area contributed by atoms with E-state index in [9.17, 15) is 0 Å². The van der Waals surface area contributed by atoms with Gasteiger partial charge in [-0.2, -0.15) is 12.6 Å². The lowest BCUT2D eigenvalue weighted by Crippen LogP contribution is -2.08. The number of rotatable bonds is 6. The van der Waals surface area contributed by atoms with Crippen LogP contribution in [-0.4, -0.2) is 30.6 Å². The minimum atomic E-state index is 0.543. The SMILES string of the molecule is SCCOCCOc1cccc2ncccc12. The Kier molecular flexibility index (Phi) is 4.64. The molecular formula is C13H15NO2S. The Hall–Kier alpha value is -1.26. The van der Waals surface area contributed by atoms with Crippen molar-refractivity contribution in [3.05, 3.63) is 36.5 Å². The Morgan fingerprint density at radius 1 is 1.06 bits per heavy atom. The smallest absolute Gasteiger partial charge is 0.128 e. The predicted octanol–water partition coefficient (Wildman–Crippen LogP) is 2.56. The first-order chi connectivity index (χ1) is 8.42. The van der Waals surface area contributed by atoms with Gasteiger partial charge < -0.3 is 9.47 Å². The van der Waals surface area contributed by atoms with Gasteiger partial charge in [-0.1, -0.05) is 6.07 Å². The summed E-state index contributed by atoms with van der Waals surface area (Å²) in [7, 11) is 0. The number of ether oxygens (including phenoxy) is 2. The molecule has 0 aliphatic carbocycles. The van der Waals surface area contributed by atoms with E-state index < -0.39 is 0 Å². The highest BCUT2D eigenvalue weighted by Gasteiger charge is 2.01. The van der Waals surface area contributed by atoms with Gasteiger partial charge in [-0.25, -0.2) is 0 Å². The minimum absolute atomic E-state index is 0.543. The van der Waals surface area contributed by atoms with Crippen LogP contribution in [0.3, 0.4) is 0 Å². The van der Waals surface area contributed by atoms with Crippen molar-refractivity contribution in [1.82, 2.24) is 4.98 Å². The summed E-state index contributed by atoms with van der Waals surface area (Å²) in [5, 5.41) is 1.03. The van der Waals surface area contributed by atoms with E-state index in [1.54, 1.807) is 6.20 Å². The van der Waals surface area contributed by atoms with Crippen molar-refractivity contribution >= 4 is 23.5 Å². The molecule has 3 nitrogen and oxygen atoms in total. The summed E-state index contributed by atoms with van der Waals surface area (Å²) in [4.78, 5) is 4.28. The van der Waals surface area contributed by atoms with Gasteiger partial charge in [0.15, 0.2) is 0 Å². The van der Waals surface area contributed by atoms with Crippen molar-refractivity contribution in [2.45, 2.75) is 0 Å². The van der Waals surface area contributed by atoms with E-state index in [1.165, 1.54) is 0 Å². The second-order valence-corrected chi connectivity index (χ2v) is 3.96. The molecule has 0 saturated heterocycles. The molecule has 90 valence electrons. The lowest BCUT2D eigenvalue weighted by atomic mass is 10.2. The highest BCUT2D eigenvalue weighted by atomic mass is 32.1. The number of hydrogen-bond donors (Lipinski definition) is 1. The maximum atomic E-state index is 5.68. The van der Waals surface area contributed by atoms with E-state index in [-0.39, 0.29) is 0 Å². The monoisotopic (exact) mass is 249 g/mol. The number of thiol groups is 1. The van der Waals surface area contributed by atoms with E-state index in [0.29, 0.717) is 19.8 Å². The Morgan fingerprint density at radius 3 is 2.88 bits per heavy atom. The van der Waals surface area contributed by atoms with E-state index in [2.05, 4.69) is 17.6 Å². The molecule has 0 N–H and O–H groups in total. The number of hydrogen-bond acceptors (Lipinski definition) is 4. The zero-order valence-electron chi connectivity index (χ0n) is 9.50. The molecule has 0 aliphatic heterocycles. The molecule has 0 saturated carbocycles. The molecule has 0 fully saturated rings. The Bertz CT molecular complexity index is 470. The third kappa shape index (κ3) is 3.35. The van der Waals surface area contributed by atoms with Crippen LogP contribution in [0.2, 0.25) is 0 Å². The minimum Gasteiger partial charge on any atom is -0.490 e. The third-order valence-corrected chi connectivity index (χ3v) is 2.51. The van der Waals surface area contributed by atoms with Crippen LogP contribution in [0.25, 0.3) is 10.9 Å². The molecule has 0 unspecified atom stereocenters. The van der Waals surface area contributed by atoms with Gasteiger partial charge >= 0.3 is 0 Å². The second kappa shape index (κ2) is 6.47. The van der Waals surface area contributed by atoms with Gasteiger partial charge in [-0.15, -0.1) is 0 Å². The first-order valence-corrected chi connectivity index (χ1v) is 6.20. The molecule has 0 bridgehead atoms. The van der Waals surface area contributed by atoms with E-state index in [0.717, 1.165) is 22.4 Å². The van der Waals surface area contributed by atoms with Crippen LogP contribution in [0, 0.1) is 0 Å². The summed E-state index contributed by atoms with van der Waals surface area (Å²) < 4.78 is 11.0. The number of aromatic nitrogens is 1. The second-order valence-electron chi connectivity index (χ2n) is 3.51. The largest absolute Gasteiger partial charge is 0.490 e. The Balaban J connectivity index is 1.98. The molecule has 17 heavy (non-hydrogen) atoms. The first-order valence-electron chi connectivity index (χ1n) is 5.57. The molecule has 0 aliphatic rings. The number of nitrogens with zero attached hydrogens (tertiary/aromatic N) is 1. The molecular weight excluding hydrogens is 234 g/mol. The van der Waals surface area contributed by atoms with Gasteiger partial charge in [0.25, 0.3) is 0 Å². The van der Waals surface area contributed by atoms with Crippen molar-refractivity contribution in [2.75, 3.05) is 25.6 Å². The number of fused-ring (bicyclic) bond motifs is 1. The van der Waals surface area contributed by atoms with Gasteiger partial charge in [0.1, 0.15) is 12.4 Å². The average molecular weight is 249 g/mol. The van der Waals surface area contributed by atoms with Crippen molar-refractivity contribution in [1.29, 1.82) is 0 Å². The van der Waals surface area contributed by atoms with Gasteiger partial charge in [0, 0.05) is 17.3 Å². The fourth-order valence-electron chi connectivity index (χ4n) is 1.58. The quantitative estimate of drug-likeness (QED) is 0.630. The van der Waals surface area contributed by atoms with Crippen molar-refractivity contribution in [2.24, 2.45) is 0 Å². The van der Waals surface area contributed by atoms with Crippen LogP contribution >= 0.6 is 12.6 Å². The lowest BCUT2D eigenvalue weighted by molar-refractivity contribution is 0.113. The summed E-state index contributed by atoms with van der Waals surface area (Å²) in [6.45, 7) is 1.78. The summed E-state index contributed by atoms with van der Waals surface area (Å²) >= 11 is 4.07. The standard InChI is InChI=1S/C13H15NO2S/c17-10-9-15-7-8-16-13-5-1-4-12-11(13)3-2-6-14-12/h1-6,17H,7-10H2. The Morgan fingerprint density at radius 2 is 2.00 bits per heavy atom. The van der Waals surface area contributed by atoms with E-state index >= 15 is 0 Å². The number of pyridine rings is 1. The fraction of sp³-hybridized carbons (Fsp3) is 0.308. The first kappa shape index (κ1) is 12.2. The highest BCUT2D eigenvalue weighted by molar-refractivity contribution is 7.80. The molecule has 1 aromatic heterocycles. The lowest BCUT2D eigenvalue weighted by Gasteiger charge is -2.08. The number of benzene rings is 1. The van der Waals surface area contributed by atoms with Crippen molar-refractivity contribution in [3.63, 3.8) is 0 Å². The molecule has 2 rings (SSSR count). The maximum absolute atomic E-state index is 5.68. The van der Waals surface area contributed by atoms with Crippen LogP contribution in [0.5, 0.6) is 5.75 Å². The van der Waals surface area contributed by atoms with Gasteiger partial charge in [-0.05, 0) is 24.3 Å². The van der Waals surface area contributed by atoms with Crippen LogP contribution in [0.4, 0.5) is 0 Å². The van der Waals surface area contributed by atoms with Crippen LogP contribution in [-0.2, 0) is 4.74 Å². The molecule has 0 spiro atoms. The summed E-state index contributed by atoms with van der Waals surface area (Å²) in [5.41, 5.74) is 0.946. The van der Waals surface area contributed by atoms with Gasteiger partial charge in [0.2, 0.25) is 0 Å². The summed E-state index contributed by atoms with van der Waals surface area (Å²) in [6, 6.07) is 9.78. The Labute approximate surface area is 106 Å². The van der Waals surface area contributed by atoms with Crippen molar-refractivity contribution in [3.8, 4) is 5.75 Å². The molecule has 1 aromatic carbocycles. The topological polar surface area (TPSA) is 31.4 Å². The normalized spacial score (nSPS) is 10.6. The zero-order chi connectivity index (χ0) is 11.9. The molecule has 4 heteroatoms. The van der Waals surface area contributed by atoms with Gasteiger partial charge in [-0.3, -0.25) is 4.98 Å². The van der Waals surface area contributed by atoms with Crippen LogP contribution < -0.4 is 4.74 Å². The maximum Gasteiger partial charge on any atom is 0.128 e. The highest BCUT2D eigenvalue weighted by Crippen LogP contribution is 2.23. The molecule has 1 heterocycles. The fourth-order valence-corrected chi connectivity index (χ4v) is 1.71. The molecule has 0 radical (unpaired) electrons. The molecule has 0 atom stereocenters. The molecule has 0 amide bonds. The predicted molar refractivity (Wildman–Crippen MR) is 71.9 cm³/mol. The van der Waals surface area contributed by atoms with E-state index in [4.69, 9.17) is 9.47 Å². The van der Waals surface area contributed by atoms with Crippen LogP contribution in [0.15, 0.2) is 36.5 Å². The van der Waals surface area contributed by atoms with Crippen LogP contribution in [0.1, 0.15) is 0 Å². The van der Waals surface area contributed by atoms with Crippen molar-refractivity contribution < 1.29 is 9.47 Å². The van der Waals surface area contributed by atoms with E-state index in [1.807, 2.05) is 30.3 Å².